The fraction of sp³-hybridized carbons (Fsp3) is 0.333. The molecule has 0 bridgehead atoms. The molecule has 2 aliphatic heterocycles. The molecule has 2 aromatic carbocycles. The molecular weight excluding hydrogens is 360 g/mol. The third-order valence-electron chi connectivity index (χ3n) is 4.74. The molecule has 2 aliphatic rings. The van der Waals surface area contributed by atoms with E-state index in [0.29, 0.717) is 61.0 Å². The Hall–Kier alpha value is -3.08. The van der Waals surface area contributed by atoms with E-state index in [4.69, 9.17) is 14.2 Å². The summed E-state index contributed by atoms with van der Waals surface area (Å²) < 4.78 is 16.4. The SMILES string of the molecule is N#Cc1cc(OCCCN2C(=O)c3ccccc3C2O)ccc1OC[C@@H]1CO1. The molecule has 2 heterocycles. The largest absolute Gasteiger partial charge is 0.493 e. The number of aliphatic hydroxyl groups is 1. The third-order valence-corrected chi connectivity index (χ3v) is 4.74. The van der Waals surface area contributed by atoms with E-state index >= 15 is 0 Å². The van der Waals surface area contributed by atoms with E-state index in [0.717, 1.165) is 0 Å². The summed E-state index contributed by atoms with van der Waals surface area (Å²) in [6, 6.07) is 14.3. The van der Waals surface area contributed by atoms with E-state index in [1.165, 1.54) is 4.90 Å². The number of carbonyl (C=O) groups excluding carboxylic acids is 1. The summed E-state index contributed by atoms with van der Waals surface area (Å²) in [4.78, 5) is 13.8. The number of fused-ring (bicyclic) bond motifs is 1. The van der Waals surface area contributed by atoms with E-state index in [-0.39, 0.29) is 12.0 Å². The first-order chi connectivity index (χ1) is 13.7. The zero-order valence-electron chi connectivity index (χ0n) is 15.2. The van der Waals surface area contributed by atoms with Gasteiger partial charge in [-0.3, -0.25) is 4.79 Å². The van der Waals surface area contributed by atoms with Gasteiger partial charge in [0.15, 0.2) is 6.23 Å². The molecule has 0 saturated carbocycles. The molecule has 0 aliphatic carbocycles. The van der Waals surface area contributed by atoms with Crippen LogP contribution >= 0.6 is 0 Å². The molecule has 1 amide bonds. The number of amides is 1. The van der Waals surface area contributed by atoms with Gasteiger partial charge in [0.25, 0.3) is 5.91 Å². The van der Waals surface area contributed by atoms with Crippen molar-refractivity contribution in [3.8, 4) is 17.6 Å². The van der Waals surface area contributed by atoms with Crippen molar-refractivity contribution < 1.29 is 24.1 Å². The summed E-state index contributed by atoms with van der Waals surface area (Å²) in [7, 11) is 0. The molecule has 144 valence electrons. The summed E-state index contributed by atoms with van der Waals surface area (Å²) in [6.07, 6.45) is -0.242. The molecule has 28 heavy (non-hydrogen) atoms. The number of rotatable bonds is 8. The second-order valence-electron chi connectivity index (χ2n) is 6.70. The number of hydrogen-bond acceptors (Lipinski definition) is 6. The molecule has 4 rings (SSSR count). The Kier molecular flexibility index (Phi) is 5.15. The molecule has 0 radical (unpaired) electrons. The van der Waals surface area contributed by atoms with Crippen molar-refractivity contribution in [1.29, 1.82) is 5.26 Å². The first kappa shape index (κ1) is 18.3. The van der Waals surface area contributed by atoms with Gasteiger partial charge in [0.2, 0.25) is 0 Å². The lowest BCUT2D eigenvalue weighted by Gasteiger charge is -2.20. The summed E-state index contributed by atoms with van der Waals surface area (Å²) >= 11 is 0. The highest BCUT2D eigenvalue weighted by molar-refractivity contribution is 5.98. The minimum absolute atomic E-state index is 0.122. The summed E-state index contributed by atoms with van der Waals surface area (Å²) in [5.41, 5.74) is 1.58. The number of aliphatic hydroxyl groups excluding tert-OH is 1. The Labute approximate surface area is 162 Å². The Balaban J connectivity index is 1.28. The van der Waals surface area contributed by atoms with Gasteiger partial charge >= 0.3 is 0 Å². The molecule has 1 fully saturated rings. The Morgan fingerprint density at radius 1 is 1.25 bits per heavy atom. The highest BCUT2D eigenvalue weighted by atomic mass is 16.6. The van der Waals surface area contributed by atoms with Crippen LogP contribution in [0.2, 0.25) is 0 Å². The molecule has 2 aromatic rings. The van der Waals surface area contributed by atoms with Crippen LogP contribution in [0.25, 0.3) is 0 Å². The van der Waals surface area contributed by atoms with Crippen LogP contribution < -0.4 is 9.47 Å². The van der Waals surface area contributed by atoms with Gasteiger partial charge in [-0.15, -0.1) is 0 Å². The smallest absolute Gasteiger partial charge is 0.256 e. The van der Waals surface area contributed by atoms with Crippen LogP contribution in [0.1, 0.15) is 34.1 Å². The zero-order chi connectivity index (χ0) is 19.5. The third kappa shape index (κ3) is 3.79. The van der Waals surface area contributed by atoms with E-state index in [1.807, 2.05) is 0 Å². The number of ether oxygens (including phenoxy) is 3. The fourth-order valence-electron chi connectivity index (χ4n) is 3.16. The van der Waals surface area contributed by atoms with E-state index in [2.05, 4.69) is 6.07 Å². The minimum Gasteiger partial charge on any atom is -0.493 e. The van der Waals surface area contributed by atoms with Gasteiger partial charge in [-0.2, -0.15) is 5.26 Å². The van der Waals surface area contributed by atoms with Crippen LogP contribution in [-0.2, 0) is 4.74 Å². The number of carbonyl (C=O) groups is 1. The van der Waals surface area contributed by atoms with Gasteiger partial charge in [-0.25, -0.2) is 0 Å². The van der Waals surface area contributed by atoms with Gasteiger partial charge in [-0.1, -0.05) is 18.2 Å². The second-order valence-corrected chi connectivity index (χ2v) is 6.70. The van der Waals surface area contributed by atoms with Crippen molar-refractivity contribution in [3.63, 3.8) is 0 Å². The number of nitriles is 1. The van der Waals surface area contributed by atoms with E-state index in [9.17, 15) is 15.2 Å². The normalized spacial score (nSPS) is 19.9. The molecule has 1 saturated heterocycles. The number of benzene rings is 2. The van der Waals surface area contributed by atoms with Crippen LogP contribution in [0.3, 0.4) is 0 Å². The molecular formula is C21H20N2O5. The van der Waals surface area contributed by atoms with Crippen LogP contribution in [0.15, 0.2) is 42.5 Å². The van der Waals surface area contributed by atoms with Crippen molar-refractivity contribution in [3.05, 3.63) is 59.2 Å². The second kappa shape index (κ2) is 7.89. The summed E-state index contributed by atoms with van der Waals surface area (Å²) in [6.45, 7) is 1.86. The number of hydrogen-bond donors (Lipinski definition) is 1. The molecule has 1 unspecified atom stereocenters. The maximum Gasteiger partial charge on any atom is 0.256 e. The lowest BCUT2D eigenvalue weighted by molar-refractivity contribution is 0.0158. The first-order valence-electron chi connectivity index (χ1n) is 9.16. The molecule has 0 spiro atoms. The highest BCUT2D eigenvalue weighted by Gasteiger charge is 2.34. The standard InChI is InChI=1S/C21H20N2O5/c22-11-14-10-15(6-7-19(14)28-13-16-12-27-16)26-9-3-8-23-20(24)17-4-1-2-5-18(17)21(23)25/h1-2,4-7,10,16,20,24H,3,8-9,12-13H2/t16-,20?/m0/s1. The van der Waals surface area contributed by atoms with Crippen molar-refractivity contribution in [2.75, 3.05) is 26.4 Å². The average molecular weight is 380 g/mol. The average Bonchev–Trinajstić information content (AvgIpc) is 3.52. The van der Waals surface area contributed by atoms with Crippen LogP contribution in [0.4, 0.5) is 0 Å². The van der Waals surface area contributed by atoms with Gasteiger partial charge in [0.05, 0.1) is 18.8 Å². The van der Waals surface area contributed by atoms with Gasteiger partial charge in [-0.05, 0) is 24.6 Å². The summed E-state index contributed by atoms with van der Waals surface area (Å²) in [5, 5.41) is 19.6. The van der Waals surface area contributed by atoms with Gasteiger partial charge in [0, 0.05) is 23.7 Å². The monoisotopic (exact) mass is 380 g/mol. The highest BCUT2D eigenvalue weighted by Crippen LogP contribution is 2.31. The predicted molar refractivity (Wildman–Crippen MR) is 98.9 cm³/mol. The number of nitrogens with zero attached hydrogens (tertiary/aromatic N) is 2. The van der Waals surface area contributed by atoms with Crippen LogP contribution in [0.5, 0.6) is 11.5 Å². The van der Waals surface area contributed by atoms with Crippen LogP contribution in [-0.4, -0.2) is 48.4 Å². The van der Waals surface area contributed by atoms with E-state index in [1.54, 1.807) is 42.5 Å². The van der Waals surface area contributed by atoms with Crippen molar-refractivity contribution in [2.24, 2.45) is 0 Å². The Morgan fingerprint density at radius 3 is 2.82 bits per heavy atom. The molecule has 1 N–H and O–H groups in total. The predicted octanol–water partition coefficient (Wildman–Crippen LogP) is 2.25. The summed E-state index contributed by atoms with van der Waals surface area (Å²) in [5.74, 6) is 0.896. The zero-order valence-corrected chi connectivity index (χ0v) is 15.2. The van der Waals surface area contributed by atoms with Gasteiger partial charge < -0.3 is 24.2 Å². The van der Waals surface area contributed by atoms with Crippen molar-refractivity contribution in [2.45, 2.75) is 18.8 Å². The van der Waals surface area contributed by atoms with Crippen molar-refractivity contribution in [1.82, 2.24) is 4.90 Å². The topological polar surface area (TPSA) is 95.3 Å². The molecule has 7 heteroatoms. The van der Waals surface area contributed by atoms with Gasteiger partial charge in [0.1, 0.15) is 30.3 Å². The molecule has 2 atom stereocenters. The van der Waals surface area contributed by atoms with Crippen molar-refractivity contribution >= 4 is 5.91 Å². The van der Waals surface area contributed by atoms with Crippen LogP contribution in [0, 0.1) is 11.3 Å². The van der Waals surface area contributed by atoms with E-state index < -0.39 is 6.23 Å². The maximum atomic E-state index is 12.4. The minimum atomic E-state index is -0.916. The maximum absolute atomic E-state index is 12.4. The molecule has 7 nitrogen and oxygen atoms in total. The first-order valence-corrected chi connectivity index (χ1v) is 9.16. The molecule has 0 aromatic heterocycles. The fourth-order valence-corrected chi connectivity index (χ4v) is 3.16. The Morgan fingerprint density at radius 2 is 2.07 bits per heavy atom. The quantitative estimate of drug-likeness (QED) is 0.557. The number of epoxide rings is 1. The Bertz CT molecular complexity index is 919. The lowest BCUT2D eigenvalue weighted by atomic mass is 10.1. The lowest BCUT2D eigenvalue weighted by Crippen LogP contribution is -2.29.